The highest BCUT2D eigenvalue weighted by Gasteiger charge is 2.14. The number of H-pyrrole nitrogens is 1. The molecule has 8 nitrogen and oxygen atoms in total. The van der Waals surface area contributed by atoms with Gasteiger partial charge in [-0.15, -0.1) is 0 Å². The Bertz CT molecular complexity index is 994. The van der Waals surface area contributed by atoms with Gasteiger partial charge < -0.3 is 19.0 Å². The van der Waals surface area contributed by atoms with Crippen molar-refractivity contribution in [3.8, 4) is 0 Å². The van der Waals surface area contributed by atoms with Crippen LogP contribution in [0.25, 0.3) is 10.9 Å². The average molecular weight is 369 g/mol. The van der Waals surface area contributed by atoms with Crippen LogP contribution in [0.4, 0.5) is 0 Å². The molecule has 2 heterocycles. The Balaban J connectivity index is 1.48. The second-order valence-electron chi connectivity index (χ2n) is 6.02. The van der Waals surface area contributed by atoms with E-state index in [-0.39, 0.29) is 30.9 Å². The summed E-state index contributed by atoms with van der Waals surface area (Å²) in [6.07, 6.45) is 1.75. The first-order chi connectivity index (χ1) is 13.0. The number of benzene rings is 1. The maximum Gasteiger partial charge on any atom is 0.306 e. The molecule has 1 N–H and O–H groups in total. The van der Waals surface area contributed by atoms with E-state index in [0.29, 0.717) is 29.0 Å². The highest BCUT2D eigenvalue weighted by Crippen LogP contribution is 2.07. The molecular formula is C19H19N3O5. The Kier molecular flexibility index (Phi) is 5.65. The normalized spacial score (nSPS) is 10.7. The standard InChI is InChI=1S/C19H19N3O5/c1-22(11-13-5-4-10-26-13)17(23)12-27-18(24)9-8-16-20-15-7-3-2-6-14(15)19(25)21-16/h2-7,10H,8-9,11-12H2,1H3,(H,20,21,25). The lowest BCUT2D eigenvalue weighted by Crippen LogP contribution is -2.30. The number of carbonyl (C=O) groups is 2. The molecule has 0 unspecified atom stereocenters. The van der Waals surface area contributed by atoms with E-state index in [1.807, 2.05) is 0 Å². The lowest BCUT2D eigenvalue weighted by Gasteiger charge is -2.15. The van der Waals surface area contributed by atoms with Gasteiger partial charge in [0.1, 0.15) is 11.6 Å². The fourth-order valence-electron chi connectivity index (χ4n) is 2.52. The fraction of sp³-hybridized carbons (Fsp3) is 0.263. The highest BCUT2D eigenvalue weighted by molar-refractivity contribution is 5.80. The predicted molar refractivity (Wildman–Crippen MR) is 96.8 cm³/mol. The lowest BCUT2D eigenvalue weighted by molar-refractivity contribution is -0.151. The van der Waals surface area contributed by atoms with Crippen LogP contribution >= 0.6 is 0 Å². The van der Waals surface area contributed by atoms with Crippen LogP contribution in [0.2, 0.25) is 0 Å². The van der Waals surface area contributed by atoms with Crippen molar-refractivity contribution in [2.75, 3.05) is 13.7 Å². The summed E-state index contributed by atoms with van der Waals surface area (Å²) in [4.78, 5) is 44.2. The second-order valence-corrected chi connectivity index (χ2v) is 6.02. The highest BCUT2D eigenvalue weighted by atomic mass is 16.5. The summed E-state index contributed by atoms with van der Waals surface area (Å²) < 4.78 is 10.2. The topological polar surface area (TPSA) is 106 Å². The molecule has 0 aliphatic rings. The van der Waals surface area contributed by atoms with Crippen LogP contribution in [0.1, 0.15) is 18.0 Å². The van der Waals surface area contributed by atoms with Gasteiger partial charge in [-0.05, 0) is 24.3 Å². The summed E-state index contributed by atoms with van der Waals surface area (Å²) in [6, 6.07) is 10.5. The Morgan fingerprint density at radius 3 is 2.81 bits per heavy atom. The average Bonchev–Trinajstić information content (AvgIpc) is 3.17. The summed E-state index contributed by atoms with van der Waals surface area (Å²) >= 11 is 0. The minimum atomic E-state index is -0.537. The SMILES string of the molecule is CN(Cc1ccco1)C(=O)COC(=O)CCc1nc2ccccc2c(=O)[nH]1. The molecule has 0 aliphatic heterocycles. The van der Waals surface area contributed by atoms with Crippen LogP contribution in [-0.4, -0.2) is 40.4 Å². The number of fused-ring (bicyclic) bond motifs is 1. The number of aromatic amines is 1. The Labute approximate surface area is 154 Å². The molecule has 0 radical (unpaired) electrons. The van der Waals surface area contributed by atoms with Gasteiger partial charge in [0.15, 0.2) is 6.61 Å². The molecule has 3 aromatic rings. The third-order valence-electron chi connectivity index (χ3n) is 3.98. The first-order valence-electron chi connectivity index (χ1n) is 8.43. The Hall–Kier alpha value is -3.42. The molecule has 1 aromatic carbocycles. The van der Waals surface area contributed by atoms with E-state index in [1.54, 1.807) is 43.4 Å². The number of aryl methyl sites for hydroxylation is 1. The molecule has 0 bridgehead atoms. The number of likely N-dealkylation sites (N-methyl/N-ethyl adjacent to an activating group) is 1. The summed E-state index contributed by atoms with van der Waals surface area (Å²) in [5, 5.41) is 0.494. The van der Waals surface area contributed by atoms with E-state index < -0.39 is 5.97 Å². The van der Waals surface area contributed by atoms with Crippen molar-refractivity contribution in [2.24, 2.45) is 0 Å². The minimum absolute atomic E-state index is 0.0104. The smallest absolute Gasteiger partial charge is 0.306 e. The van der Waals surface area contributed by atoms with E-state index >= 15 is 0 Å². The number of nitrogens with zero attached hydrogens (tertiary/aromatic N) is 2. The van der Waals surface area contributed by atoms with Crippen LogP contribution in [0, 0.1) is 0 Å². The van der Waals surface area contributed by atoms with Crippen LogP contribution in [0.3, 0.4) is 0 Å². The molecule has 27 heavy (non-hydrogen) atoms. The third kappa shape index (κ3) is 4.81. The molecule has 1 amide bonds. The summed E-state index contributed by atoms with van der Waals surface area (Å²) in [5.41, 5.74) is 0.318. The maximum absolute atomic E-state index is 12.0. The molecule has 140 valence electrons. The van der Waals surface area contributed by atoms with Crippen LogP contribution < -0.4 is 5.56 Å². The monoisotopic (exact) mass is 369 g/mol. The lowest BCUT2D eigenvalue weighted by atomic mass is 10.2. The molecule has 0 fully saturated rings. The van der Waals surface area contributed by atoms with Gasteiger partial charge in [0.25, 0.3) is 11.5 Å². The first-order valence-corrected chi connectivity index (χ1v) is 8.43. The van der Waals surface area contributed by atoms with Crippen molar-refractivity contribution in [3.63, 3.8) is 0 Å². The van der Waals surface area contributed by atoms with Gasteiger partial charge in [-0.1, -0.05) is 12.1 Å². The van der Waals surface area contributed by atoms with Crippen molar-refractivity contribution in [3.05, 3.63) is 64.6 Å². The zero-order chi connectivity index (χ0) is 19.2. The van der Waals surface area contributed by atoms with Crippen molar-refractivity contribution < 1.29 is 18.7 Å². The van der Waals surface area contributed by atoms with Gasteiger partial charge >= 0.3 is 5.97 Å². The molecule has 2 aromatic heterocycles. The number of carbonyl (C=O) groups excluding carboxylic acids is 2. The number of nitrogens with one attached hydrogen (secondary N) is 1. The summed E-state index contributed by atoms with van der Waals surface area (Å²) in [5.74, 6) is 0.169. The fourth-order valence-corrected chi connectivity index (χ4v) is 2.52. The van der Waals surface area contributed by atoms with Gasteiger partial charge in [-0.3, -0.25) is 14.4 Å². The van der Waals surface area contributed by atoms with E-state index in [2.05, 4.69) is 9.97 Å². The maximum atomic E-state index is 12.0. The number of hydrogen-bond donors (Lipinski definition) is 1. The molecule has 0 atom stereocenters. The van der Waals surface area contributed by atoms with Crippen LogP contribution in [0.5, 0.6) is 0 Å². The molecule has 0 aliphatic carbocycles. The van der Waals surface area contributed by atoms with E-state index in [0.717, 1.165) is 0 Å². The van der Waals surface area contributed by atoms with Crippen molar-refractivity contribution in [1.29, 1.82) is 0 Å². The quantitative estimate of drug-likeness (QED) is 0.635. The molecule has 0 saturated carbocycles. The van der Waals surface area contributed by atoms with E-state index in [1.165, 1.54) is 11.2 Å². The number of hydrogen-bond acceptors (Lipinski definition) is 6. The molecular weight excluding hydrogens is 350 g/mol. The molecule has 0 saturated heterocycles. The van der Waals surface area contributed by atoms with Gasteiger partial charge in [-0.2, -0.15) is 0 Å². The van der Waals surface area contributed by atoms with Gasteiger partial charge in [0.05, 0.1) is 30.1 Å². The number of para-hydroxylation sites is 1. The first kappa shape index (κ1) is 18.4. The third-order valence-corrected chi connectivity index (χ3v) is 3.98. The number of rotatable bonds is 7. The zero-order valence-corrected chi connectivity index (χ0v) is 14.8. The van der Waals surface area contributed by atoms with Gasteiger partial charge in [0.2, 0.25) is 0 Å². The van der Waals surface area contributed by atoms with Gasteiger partial charge in [0, 0.05) is 13.5 Å². The molecule has 8 heteroatoms. The Morgan fingerprint density at radius 1 is 1.22 bits per heavy atom. The number of ether oxygens (including phenoxy) is 1. The minimum Gasteiger partial charge on any atom is -0.467 e. The number of furan rings is 1. The summed E-state index contributed by atoms with van der Waals surface area (Å²) in [6.45, 7) is -0.0522. The van der Waals surface area contributed by atoms with E-state index in [4.69, 9.17) is 9.15 Å². The molecule has 0 spiro atoms. The van der Waals surface area contributed by atoms with Crippen LogP contribution in [0.15, 0.2) is 51.9 Å². The summed E-state index contributed by atoms with van der Waals surface area (Å²) in [7, 11) is 1.60. The van der Waals surface area contributed by atoms with Crippen molar-refractivity contribution in [1.82, 2.24) is 14.9 Å². The number of esters is 1. The second kappa shape index (κ2) is 8.31. The largest absolute Gasteiger partial charge is 0.467 e. The van der Waals surface area contributed by atoms with Crippen LogP contribution in [-0.2, 0) is 27.3 Å². The van der Waals surface area contributed by atoms with Crippen molar-refractivity contribution in [2.45, 2.75) is 19.4 Å². The predicted octanol–water partition coefficient (Wildman–Crippen LogP) is 1.65. The van der Waals surface area contributed by atoms with Gasteiger partial charge in [-0.25, -0.2) is 4.98 Å². The van der Waals surface area contributed by atoms with Crippen molar-refractivity contribution >= 4 is 22.8 Å². The molecule has 3 rings (SSSR count). The van der Waals surface area contributed by atoms with E-state index in [9.17, 15) is 14.4 Å². The number of aromatic nitrogens is 2. The zero-order valence-electron chi connectivity index (χ0n) is 14.8. The number of amides is 1. The Morgan fingerprint density at radius 2 is 2.04 bits per heavy atom.